The van der Waals surface area contributed by atoms with Gasteiger partial charge in [0.05, 0.1) is 5.69 Å². The number of aryl methyl sites for hydroxylation is 2. The molecule has 0 unspecified atom stereocenters. The summed E-state index contributed by atoms with van der Waals surface area (Å²) in [6.45, 7) is 5.97. The molecule has 2 heteroatoms. The molecule has 0 aromatic carbocycles. The number of hydrogen-bond acceptors (Lipinski definition) is 1. The highest BCUT2D eigenvalue weighted by atomic mass is 14.9. The van der Waals surface area contributed by atoms with Crippen LogP contribution < -0.4 is 0 Å². The molecule has 0 atom stereocenters. The summed E-state index contributed by atoms with van der Waals surface area (Å²) in [5.74, 6) is 0.965. The summed E-state index contributed by atoms with van der Waals surface area (Å²) in [7, 11) is 0. The Balaban J connectivity index is 2.81. The van der Waals surface area contributed by atoms with Gasteiger partial charge >= 0.3 is 0 Å². The number of aromatic nitrogens is 2. The summed E-state index contributed by atoms with van der Waals surface area (Å²) < 4.78 is 0. The lowest BCUT2D eigenvalue weighted by Gasteiger charge is -1.84. The first-order valence-electron chi connectivity index (χ1n) is 4.06. The summed E-state index contributed by atoms with van der Waals surface area (Å²) in [4.78, 5) is 7.45. The highest BCUT2D eigenvalue weighted by molar-refractivity contribution is 5.49. The molecule has 0 saturated carbocycles. The number of hydrogen-bond donors (Lipinski definition) is 1. The number of H-pyrrole nitrogens is 1. The van der Waals surface area contributed by atoms with Gasteiger partial charge in [-0.15, -0.1) is 0 Å². The van der Waals surface area contributed by atoms with Gasteiger partial charge in [0.15, 0.2) is 0 Å². The molecule has 1 aromatic heterocycles. The molecule has 1 heterocycles. The van der Waals surface area contributed by atoms with E-state index in [2.05, 4.69) is 9.97 Å². The monoisotopic (exact) mass is 162 g/mol. The van der Waals surface area contributed by atoms with E-state index >= 15 is 0 Å². The van der Waals surface area contributed by atoms with Crippen molar-refractivity contribution in [3.63, 3.8) is 0 Å². The second-order valence-electron chi connectivity index (χ2n) is 2.72. The zero-order valence-electron chi connectivity index (χ0n) is 7.76. The maximum absolute atomic E-state index is 4.31. The quantitative estimate of drug-likeness (QED) is 0.665. The van der Waals surface area contributed by atoms with Crippen LogP contribution in [0.3, 0.4) is 0 Å². The Morgan fingerprint density at radius 2 is 2.00 bits per heavy atom. The molecule has 0 spiro atoms. The molecule has 64 valence electrons. The van der Waals surface area contributed by atoms with E-state index in [1.807, 2.05) is 45.1 Å². The Hall–Kier alpha value is -1.31. The number of nitrogens with zero attached hydrogens (tertiary/aromatic N) is 1. The minimum absolute atomic E-state index is 0.965. The molecule has 2 nitrogen and oxygen atoms in total. The van der Waals surface area contributed by atoms with Crippen LogP contribution in [0.2, 0.25) is 0 Å². The third kappa shape index (κ3) is 2.09. The van der Waals surface area contributed by atoms with Crippen LogP contribution in [0.5, 0.6) is 0 Å². The van der Waals surface area contributed by atoms with Gasteiger partial charge in [-0.25, -0.2) is 4.98 Å². The minimum atomic E-state index is 0.965. The predicted octanol–water partition coefficient (Wildman–Crippen LogP) is 2.62. The first kappa shape index (κ1) is 8.78. The van der Waals surface area contributed by atoms with E-state index < -0.39 is 0 Å². The second kappa shape index (κ2) is 3.90. The van der Waals surface area contributed by atoms with E-state index in [0.29, 0.717) is 0 Å². The van der Waals surface area contributed by atoms with Crippen LogP contribution in [0, 0.1) is 13.8 Å². The number of allylic oxidation sites excluding steroid dienone is 3. The SMILES string of the molecule is C/C=C\C=C/c1nc(C)[nH]c1C. The molecule has 1 aromatic rings. The first-order valence-corrected chi connectivity index (χ1v) is 4.06. The van der Waals surface area contributed by atoms with Crippen molar-refractivity contribution in [3.8, 4) is 0 Å². The van der Waals surface area contributed by atoms with Crippen molar-refractivity contribution >= 4 is 6.08 Å². The number of rotatable bonds is 2. The highest BCUT2D eigenvalue weighted by Gasteiger charge is 1.97. The lowest BCUT2D eigenvalue weighted by atomic mass is 10.3. The molecule has 0 fully saturated rings. The van der Waals surface area contributed by atoms with Crippen LogP contribution in [0.25, 0.3) is 6.08 Å². The van der Waals surface area contributed by atoms with Crippen molar-refractivity contribution in [3.05, 3.63) is 35.4 Å². The van der Waals surface area contributed by atoms with E-state index in [0.717, 1.165) is 17.2 Å². The van der Waals surface area contributed by atoms with Crippen molar-refractivity contribution in [2.75, 3.05) is 0 Å². The molecule has 0 aliphatic carbocycles. The van der Waals surface area contributed by atoms with Gasteiger partial charge < -0.3 is 4.98 Å². The topological polar surface area (TPSA) is 28.7 Å². The third-order valence-electron chi connectivity index (χ3n) is 1.60. The zero-order valence-corrected chi connectivity index (χ0v) is 7.76. The van der Waals surface area contributed by atoms with E-state index in [4.69, 9.17) is 0 Å². The first-order chi connectivity index (χ1) is 5.74. The van der Waals surface area contributed by atoms with Gasteiger partial charge in [-0.2, -0.15) is 0 Å². The van der Waals surface area contributed by atoms with E-state index in [1.165, 1.54) is 0 Å². The Morgan fingerprint density at radius 3 is 2.50 bits per heavy atom. The van der Waals surface area contributed by atoms with Crippen molar-refractivity contribution in [2.45, 2.75) is 20.8 Å². The molecule has 12 heavy (non-hydrogen) atoms. The average Bonchev–Trinajstić information content (AvgIpc) is 2.31. The standard InChI is InChI=1S/C10H14N2/c1-4-5-6-7-10-8(2)11-9(3)12-10/h4-7H,1-3H3,(H,11,12)/b5-4-,7-6-. The molecule has 0 saturated heterocycles. The fourth-order valence-electron chi connectivity index (χ4n) is 1.05. The van der Waals surface area contributed by atoms with Gasteiger partial charge in [0, 0.05) is 5.69 Å². The summed E-state index contributed by atoms with van der Waals surface area (Å²) >= 11 is 0. The predicted molar refractivity (Wildman–Crippen MR) is 51.9 cm³/mol. The third-order valence-corrected chi connectivity index (χ3v) is 1.60. The van der Waals surface area contributed by atoms with E-state index in [1.54, 1.807) is 0 Å². The van der Waals surface area contributed by atoms with Crippen molar-refractivity contribution in [1.82, 2.24) is 9.97 Å². The van der Waals surface area contributed by atoms with Gasteiger partial charge in [0.1, 0.15) is 5.82 Å². The van der Waals surface area contributed by atoms with Crippen LogP contribution in [-0.2, 0) is 0 Å². The highest BCUT2D eigenvalue weighted by Crippen LogP contribution is 2.05. The maximum Gasteiger partial charge on any atom is 0.103 e. The summed E-state index contributed by atoms with van der Waals surface area (Å²) in [5.41, 5.74) is 2.14. The van der Waals surface area contributed by atoms with Gasteiger partial charge in [-0.1, -0.05) is 18.2 Å². The Kier molecular flexibility index (Phi) is 2.86. The molecule has 0 aliphatic heterocycles. The van der Waals surface area contributed by atoms with Crippen LogP contribution >= 0.6 is 0 Å². The molecular weight excluding hydrogens is 148 g/mol. The Bertz CT molecular complexity index is 306. The average molecular weight is 162 g/mol. The van der Waals surface area contributed by atoms with Crippen molar-refractivity contribution in [1.29, 1.82) is 0 Å². The lowest BCUT2D eigenvalue weighted by molar-refractivity contribution is 1.13. The van der Waals surface area contributed by atoms with Crippen LogP contribution in [0.4, 0.5) is 0 Å². The van der Waals surface area contributed by atoms with Gasteiger partial charge in [-0.05, 0) is 26.8 Å². The summed E-state index contributed by atoms with van der Waals surface area (Å²) in [6, 6.07) is 0. The molecule has 1 rings (SSSR count). The van der Waals surface area contributed by atoms with Crippen molar-refractivity contribution < 1.29 is 0 Å². The van der Waals surface area contributed by atoms with Gasteiger partial charge in [-0.3, -0.25) is 0 Å². The van der Waals surface area contributed by atoms with E-state index in [9.17, 15) is 0 Å². The fraction of sp³-hybridized carbons (Fsp3) is 0.300. The van der Waals surface area contributed by atoms with E-state index in [-0.39, 0.29) is 0 Å². The summed E-state index contributed by atoms with van der Waals surface area (Å²) in [5, 5.41) is 0. The second-order valence-corrected chi connectivity index (χ2v) is 2.72. The van der Waals surface area contributed by atoms with Crippen LogP contribution in [0.15, 0.2) is 18.2 Å². The van der Waals surface area contributed by atoms with Gasteiger partial charge in [0.2, 0.25) is 0 Å². The number of imidazole rings is 1. The maximum atomic E-state index is 4.31. The Labute approximate surface area is 73.0 Å². The normalized spacial score (nSPS) is 11.9. The molecular formula is C10H14N2. The van der Waals surface area contributed by atoms with Crippen molar-refractivity contribution in [2.24, 2.45) is 0 Å². The molecule has 1 N–H and O–H groups in total. The molecule has 0 amide bonds. The number of nitrogens with one attached hydrogen (secondary N) is 1. The fourth-order valence-corrected chi connectivity index (χ4v) is 1.05. The van der Waals surface area contributed by atoms with Crippen LogP contribution in [-0.4, -0.2) is 9.97 Å². The largest absolute Gasteiger partial charge is 0.346 e. The number of aromatic amines is 1. The lowest BCUT2D eigenvalue weighted by Crippen LogP contribution is -1.74. The zero-order chi connectivity index (χ0) is 8.97. The smallest absolute Gasteiger partial charge is 0.103 e. The molecule has 0 bridgehead atoms. The molecule has 0 aliphatic rings. The van der Waals surface area contributed by atoms with Gasteiger partial charge in [0.25, 0.3) is 0 Å². The minimum Gasteiger partial charge on any atom is -0.346 e. The summed E-state index contributed by atoms with van der Waals surface area (Å²) in [6.07, 6.45) is 7.97. The Morgan fingerprint density at radius 1 is 1.25 bits per heavy atom. The molecule has 0 radical (unpaired) electrons. The van der Waals surface area contributed by atoms with Crippen LogP contribution in [0.1, 0.15) is 24.1 Å².